The van der Waals surface area contributed by atoms with Gasteiger partial charge in [-0.2, -0.15) is 0 Å². The van der Waals surface area contributed by atoms with Gasteiger partial charge in [0.2, 0.25) is 0 Å². The Morgan fingerprint density at radius 1 is 1.50 bits per heavy atom. The second kappa shape index (κ2) is 6.87. The zero-order valence-corrected chi connectivity index (χ0v) is 13.0. The lowest BCUT2D eigenvalue weighted by molar-refractivity contribution is -0.148. The van der Waals surface area contributed by atoms with E-state index in [1.165, 1.54) is 13.5 Å². The van der Waals surface area contributed by atoms with E-state index in [0.29, 0.717) is 12.1 Å². The molecule has 5 heteroatoms. The SMILES string of the molecule is CCN(CC1CCCO1)C1CCC(NC)(C(=O)OC)C1. The molecular weight excluding hydrogens is 256 g/mol. The number of hydrogen-bond donors (Lipinski definition) is 1. The van der Waals surface area contributed by atoms with Crippen LogP contribution in [0.3, 0.4) is 0 Å². The van der Waals surface area contributed by atoms with Gasteiger partial charge in [0.15, 0.2) is 0 Å². The average molecular weight is 284 g/mol. The third-order valence-electron chi connectivity index (χ3n) is 4.93. The summed E-state index contributed by atoms with van der Waals surface area (Å²) in [5.74, 6) is -0.129. The van der Waals surface area contributed by atoms with E-state index in [1.807, 2.05) is 7.05 Å². The molecule has 0 bridgehead atoms. The normalized spacial score (nSPS) is 33.8. The predicted molar refractivity (Wildman–Crippen MR) is 77.7 cm³/mol. The molecule has 1 aliphatic carbocycles. The predicted octanol–water partition coefficient (Wildman–Crippen LogP) is 1.17. The fourth-order valence-electron chi connectivity index (χ4n) is 3.63. The molecule has 20 heavy (non-hydrogen) atoms. The Balaban J connectivity index is 1.96. The van der Waals surface area contributed by atoms with Gasteiger partial charge in [-0.05, 0) is 45.7 Å². The van der Waals surface area contributed by atoms with Gasteiger partial charge in [0, 0.05) is 19.2 Å². The zero-order valence-electron chi connectivity index (χ0n) is 13.0. The van der Waals surface area contributed by atoms with Gasteiger partial charge in [-0.1, -0.05) is 6.92 Å². The molecule has 0 aromatic heterocycles. The Hall–Kier alpha value is -0.650. The second-order valence-electron chi connectivity index (χ2n) is 5.94. The van der Waals surface area contributed by atoms with Crippen molar-refractivity contribution >= 4 is 5.97 Å². The Labute approximate surface area is 122 Å². The smallest absolute Gasteiger partial charge is 0.326 e. The molecule has 3 unspecified atom stereocenters. The van der Waals surface area contributed by atoms with E-state index in [9.17, 15) is 4.79 Å². The highest BCUT2D eigenvalue weighted by molar-refractivity contribution is 5.81. The first-order valence-electron chi connectivity index (χ1n) is 7.78. The number of nitrogens with zero attached hydrogens (tertiary/aromatic N) is 1. The molecule has 0 amide bonds. The second-order valence-corrected chi connectivity index (χ2v) is 5.94. The van der Waals surface area contributed by atoms with Crippen LogP contribution < -0.4 is 5.32 Å². The molecule has 116 valence electrons. The number of ether oxygens (including phenoxy) is 2. The molecule has 5 nitrogen and oxygen atoms in total. The van der Waals surface area contributed by atoms with E-state index in [0.717, 1.165) is 45.4 Å². The number of rotatable bonds is 6. The van der Waals surface area contributed by atoms with Crippen molar-refractivity contribution in [2.75, 3.05) is 33.9 Å². The van der Waals surface area contributed by atoms with Crippen LogP contribution >= 0.6 is 0 Å². The van der Waals surface area contributed by atoms with Gasteiger partial charge in [0.25, 0.3) is 0 Å². The van der Waals surface area contributed by atoms with E-state index in [4.69, 9.17) is 9.47 Å². The molecule has 1 N–H and O–H groups in total. The maximum Gasteiger partial charge on any atom is 0.326 e. The van der Waals surface area contributed by atoms with Crippen molar-refractivity contribution in [1.82, 2.24) is 10.2 Å². The van der Waals surface area contributed by atoms with E-state index in [-0.39, 0.29) is 5.97 Å². The molecule has 2 fully saturated rings. The molecule has 0 aromatic carbocycles. The minimum atomic E-state index is -0.497. The van der Waals surface area contributed by atoms with Crippen molar-refractivity contribution in [3.63, 3.8) is 0 Å². The van der Waals surface area contributed by atoms with Crippen LogP contribution in [-0.2, 0) is 14.3 Å². The highest BCUT2D eigenvalue weighted by Gasteiger charge is 2.46. The van der Waals surface area contributed by atoms with Crippen molar-refractivity contribution < 1.29 is 14.3 Å². The number of carbonyl (C=O) groups is 1. The van der Waals surface area contributed by atoms with Crippen LogP contribution in [0.4, 0.5) is 0 Å². The third-order valence-corrected chi connectivity index (χ3v) is 4.93. The van der Waals surface area contributed by atoms with Crippen molar-refractivity contribution in [2.45, 2.75) is 56.7 Å². The summed E-state index contributed by atoms with van der Waals surface area (Å²) in [5.41, 5.74) is -0.497. The molecule has 0 aromatic rings. The third kappa shape index (κ3) is 3.15. The number of nitrogens with one attached hydrogen (secondary N) is 1. The van der Waals surface area contributed by atoms with Crippen LogP contribution in [0, 0.1) is 0 Å². The highest BCUT2D eigenvalue weighted by atomic mass is 16.5. The number of esters is 1. The van der Waals surface area contributed by atoms with Gasteiger partial charge in [-0.15, -0.1) is 0 Å². The first kappa shape index (κ1) is 15.7. The van der Waals surface area contributed by atoms with Crippen LogP contribution in [0.1, 0.15) is 39.0 Å². The maximum atomic E-state index is 12.0. The number of likely N-dealkylation sites (N-methyl/N-ethyl adjacent to an activating group) is 2. The first-order chi connectivity index (χ1) is 9.65. The van der Waals surface area contributed by atoms with Gasteiger partial charge in [-0.3, -0.25) is 9.69 Å². The summed E-state index contributed by atoms with van der Waals surface area (Å²) in [6.07, 6.45) is 5.43. The van der Waals surface area contributed by atoms with Crippen molar-refractivity contribution in [2.24, 2.45) is 0 Å². The lowest BCUT2D eigenvalue weighted by Gasteiger charge is -2.31. The van der Waals surface area contributed by atoms with Crippen LogP contribution in [0.5, 0.6) is 0 Å². The summed E-state index contributed by atoms with van der Waals surface area (Å²) in [4.78, 5) is 14.5. The molecule has 1 saturated carbocycles. The maximum absolute atomic E-state index is 12.0. The molecule has 3 atom stereocenters. The minimum absolute atomic E-state index is 0.129. The summed E-state index contributed by atoms with van der Waals surface area (Å²) >= 11 is 0. The number of hydrogen-bond acceptors (Lipinski definition) is 5. The van der Waals surface area contributed by atoms with Gasteiger partial charge < -0.3 is 14.8 Å². The van der Waals surface area contributed by atoms with Crippen LogP contribution in [0.2, 0.25) is 0 Å². The molecular formula is C15H28N2O3. The van der Waals surface area contributed by atoms with Gasteiger partial charge in [-0.25, -0.2) is 0 Å². The number of carbonyl (C=O) groups excluding carboxylic acids is 1. The van der Waals surface area contributed by atoms with E-state index < -0.39 is 5.54 Å². The fraction of sp³-hybridized carbons (Fsp3) is 0.933. The topological polar surface area (TPSA) is 50.8 Å². The summed E-state index contributed by atoms with van der Waals surface area (Å²) in [6.45, 7) is 5.08. The Morgan fingerprint density at radius 2 is 2.30 bits per heavy atom. The molecule has 0 spiro atoms. The minimum Gasteiger partial charge on any atom is -0.468 e. The van der Waals surface area contributed by atoms with Crippen molar-refractivity contribution in [3.8, 4) is 0 Å². The van der Waals surface area contributed by atoms with Gasteiger partial charge in [0.1, 0.15) is 5.54 Å². The van der Waals surface area contributed by atoms with Crippen LogP contribution in [-0.4, -0.2) is 62.4 Å². The standard InChI is InChI=1S/C15H28N2O3/c1-4-17(11-13-6-5-9-20-13)12-7-8-15(10-12,16-2)14(18)19-3/h12-13,16H,4-11H2,1-3H3. The Morgan fingerprint density at radius 3 is 2.85 bits per heavy atom. The summed E-state index contributed by atoms with van der Waals surface area (Å²) in [6, 6.07) is 0.441. The van der Waals surface area contributed by atoms with Gasteiger partial charge >= 0.3 is 5.97 Å². The van der Waals surface area contributed by atoms with Crippen molar-refractivity contribution in [1.29, 1.82) is 0 Å². The number of methoxy groups -OCH3 is 1. The average Bonchev–Trinajstić information content (AvgIpc) is 3.13. The molecule has 2 rings (SSSR count). The molecule has 0 radical (unpaired) electrons. The summed E-state index contributed by atoms with van der Waals surface area (Å²) in [5, 5.41) is 3.20. The fourth-order valence-corrected chi connectivity index (χ4v) is 3.63. The Kier molecular flexibility index (Phi) is 5.41. The van der Waals surface area contributed by atoms with E-state index >= 15 is 0 Å². The monoisotopic (exact) mass is 284 g/mol. The lowest BCUT2D eigenvalue weighted by atomic mass is 9.97. The Bertz CT molecular complexity index is 331. The highest BCUT2D eigenvalue weighted by Crippen LogP contribution is 2.34. The zero-order chi connectivity index (χ0) is 14.6. The molecule has 2 aliphatic rings. The summed E-state index contributed by atoms with van der Waals surface area (Å²) in [7, 11) is 3.33. The van der Waals surface area contributed by atoms with E-state index in [1.54, 1.807) is 0 Å². The van der Waals surface area contributed by atoms with Gasteiger partial charge in [0.05, 0.1) is 13.2 Å². The summed E-state index contributed by atoms with van der Waals surface area (Å²) < 4.78 is 10.7. The molecule has 1 aliphatic heterocycles. The quantitative estimate of drug-likeness (QED) is 0.742. The van der Waals surface area contributed by atoms with Crippen LogP contribution in [0.25, 0.3) is 0 Å². The van der Waals surface area contributed by atoms with Crippen LogP contribution in [0.15, 0.2) is 0 Å². The first-order valence-corrected chi connectivity index (χ1v) is 7.78. The largest absolute Gasteiger partial charge is 0.468 e. The molecule has 1 saturated heterocycles. The molecule has 1 heterocycles. The lowest BCUT2D eigenvalue weighted by Crippen LogP contribution is -2.50. The van der Waals surface area contributed by atoms with E-state index in [2.05, 4.69) is 17.1 Å². The van der Waals surface area contributed by atoms with Crippen molar-refractivity contribution in [3.05, 3.63) is 0 Å².